The summed E-state index contributed by atoms with van der Waals surface area (Å²) in [5.41, 5.74) is 1.59. The van der Waals surface area contributed by atoms with Crippen molar-refractivity contribution in [1.29, 1.82) is 0 Å². The molecule has 0 heterocycles. The summed E-state index contributed by atoms with van der Waals surface area (Å²) in [7, 11) is 1.50. The Bertz CT molecular complexity index is 377. The molecule has 0 fully saturated rings. The molecule has 0 bridgehead atoms. The van der Waals surface area contributed by atoms with Gasteiger partial charge in [-0.3, -0.25) is 4.79 Å². The quantitative estimate of drug-likeness (QED) is 0.561. The van der Waals surface area contributed by atoms with Gasteiger partial charge in [0.25, 0.3) is 6.47 Å². The number of aryl methyl sites for hydroxylation is 1. The molecule has 5 heteroatoms. The summed E-state index contributed by atoms with van der Waals surface area (Å²) in [5.74, 6) is -0.187. The number of aliphatic hydroxyl groups excluding tert-OH is 2. The molecule has 0 amide bonds. The van der Waals surface area contributed by atoms with Crippen molar-refractivity contribution in [2.24, 2.45) is 0 Å². The zero-order valence-electron chi connectivity index (χ0n) is 9.79. The van der Waals surface area contributed by atoms with E-state index in [1.807, 2.05) is 13.0 Å². The lowest BCUT2D eigenvalue weighted by atomic mass is 9.97. The second-order valence-corrected chi connectivity index (χ2v) is 3.66. The smallest absolute Gasteiger partial charge is 0.295 e. The standard InChI is InChI=1S/C12H16O5/c1-8-3-4-9(11(5-8)16-2)10(6-13)12(15)17-7-14/h3-5,7,10,12-13,15H,6H2,1-2H3. The molecule has 5 nitrogen and oxygen atoms in total. The van der Waals surface area contributed by atoms with Crippen LogP contribution >= 0.6 is 0 Å². The van der Waals surface area contributed by atoms with Gasteiger partial charge in [0.05, 0.1) is 19.6 Å². The molecular formula is C12H16O5. The Hall–Kier alpha value is -1.59. The minimum Gasteiger partial charge on any atom is -0.496 e. The van der Waals surface area contributed by atoms with Crippen LogP contribution in [0.4, 0.5) is 0 Å². The predicted octanol–water partition coefficient (Wildman–Crippen LogP) is 0.571. The van der Waals surface area contributed by atoms with E-state index >= 15 is 0 Å². The molecule has 1 rings (SSSR count). The van der Waals surface area contributed by atoms with Crippen molar-refractivity contribution in [3.8, 4) is 5.75 Å². The third-order valence-corrected chi connectivity index (χ3v) is 2.52. The van der Waals surface area contributed by atoms with E-state index in [-0.39, 0.29) is 13.1 Å². The molecule has 2 unspecified atom stereocenters. The van der Waals surface area contributed by atoms with Gasteiger partial charge in [-0.15, -0.1) is 0 Å². The van der Waals surface area contributed by atoms with Gasteiger partial charge in [0.15, 0.2) is 0 Å². The SMILES string of the molecule is COc1cc(C)ccc1C(CO)C(O)OC=O. The van der Waals surface area contributed by atoms with E-state index in [9.17, 15) is 15.0 Å². The minimum atomic E-state index is -1.39. The van der Waals surface area contributed by atoms with E-state index in [0.717, 1.165) is 5.56 Å². The molecule has 0 spiro atoms. The van der Waals surface area contributed by atoms with Gasteiger partial charge in [-0.25, -0.2) is 0 Å². The third-order valence-electron chi connectivity index (χ3n) is 2.52. The predicted molar refractivity (Wildman–Crippen MR) is 60.7 cm³/mol. The molecule has 17 heavy (non-hydrogen) atoms. The normalized spacial score (nSPS) is 13.9. The van der Waals surface area contributed by atoms with Crippen LogP contribution in [0.1, 0.15) is 17.0 Å². The van der Waals surface area contributed by atoms with Crippen LogP contribution in [0.3, 0.4) is 0 Å². The highest BCUT2D eigenvalue weighted by atomic mass is 16.6. The second kappa shape index (κ2) is 6.22. The Morgan fingerprint density at radius 3 is 2.71 bits per heavy atom. The Morgan fingerprint density at radius 1 is 1.47 bits per heavy atom. The average molecular weight is 240 g/mol. The summed E-state index contributed by atoms with van der Waals surface area (Å²) in [6, 6.07) is 5.34. The Morgan fingerprint density at radius 2 is 2.18 bits per heavy atom. The van der Waals surface area contributed by atoms with Gasteiger partial charge in [-0.2, -0.15) is 0 Å². The molecule has 2 atom stereocenters. The summed E-state index contributed by atoms with van der Waals surface area (Å²) in [6.45, 7) is 1.70. The van der Waals surface area contributed by atoms with E-state index < -0.39 is 12.2 Å². The number of ether oxygens (including phenoxy) is 2. The molecule has 94 valence electrons. The van der Waals surface area contributed by atoms with Crippen LogP contribution in [-0.4, -0.2) is 36.7 Å². The number of benzene rings is 1. The van der Waals surface area contributed by atoms with Crippen LogP contribution < -0.4 is 4.74 Å². The summed E-state index contributed by atoms with van der Waals surface area (Å²) < 4.78 is 9.61. The van der Waals surface area contributed by atoms with Crippen molar-refractivity contribution in [3.05, 3.63) is 29.3 Å². The maximum atomic E-state index is 10.2. The highest BCUT2D eigenvalue weighted by molar-refractivity contribution is 5.41. The van der Waals surface area contributed by atoms with Crippen molar-refractivity contribution < 1.29 is 24.5 Å². The fraction of sp³-hybridized carbons (Fsp3) is 0.417. The average Bonchev–Trinajstić information content (AvgIpc) is 2.32. The van der Waals surface area contributed by atoms with E-state index in [2.05, 4.69) is 4.74 Å². The summed E-state index contributed by atoms with van der Waals surface area (Å²) in [6.07, 6.45) is -1.39. The Balaban J connectivity index is 3.06. The monoisotopic (exact) mass is 240 g/mol. The van der Waals surface area contributed by atoms with Crippen molar-refractivity contribution in [2.75, 3.05) is 13.7 Å². The number of rotatable bonds is 6. The first kappa shape index (κ1) is 13.5. The first-order valence-electron chi connectivity index (χ1n) is 5.16. The topological polar surface area (TPSA) is 76.0 Å². The van der Waals surface area contributed by atoms with Crippen LogP contribution in [-0.2, 0) is 9.53 Å². The highest BCUT2D eigenvalue weighted by Gasteiger charge is 2.24. The van der Waals surface area contributed by atoms with Gasteiger partial charge in [0.2, 0.25) is 6.29 Å². The number of aliphatic hydroxyl groups is 2. The van der Waals surface area contributed by atoms with E-state index in [1.54, 1.807) is 12.1 Å². The maximum Gasteiger partial charge on any atom is 0.295 e. The number of carbonyl (C=O) groups excluding carboxylic acids is 1. The molecule has 0 radical (unpaired) electrons. The van der Waals surface area contributed by atoms with Crippen molar-refractivity contribution in [1.82, 2.24) is 0 Å². The van der Waals surface area contributed by atoms with Crippen LogP contribution in [0, 0.1) is 6.92 Å². The van der Waals surface area contributed by atoms with Crippen LogP contribution in [0.15, 0.2) is 18.2 Å². The van der Waals surface area contributed by atoms with Crippen molar-refractivity contribution >= 4 is 6.47 Å². The van der Waals surface area contributed by atoms with E-state index in [1.165, 1.54) is 7.11 Å². The number of hydrogen-bond donors (Lipinski definition) is 2. The molecule has 0 aliphatic carbocycles. The van der Waals surface area contributed by atoms with Crippen LogP contribution in [0.2, 0.25) is 0 Å². The van der Waals surface area contributed by atoms with E-state index in [4.69, 9.17) is 4.74 Å². The number of carbonyl (C=O) groups is 1. The summed E-state index contributed by atoms with van der Waals surface area (Å²) in [5, 5.41) is 18.8. The number of methoxy groups -OCH3 is 1. The Labute approximate surface area is 99.6 Å². The molecule has 0 aliphatic rings. The second-order valence-electron chi connectivity index (χ2n) is 3.66. The zero-order valence-corrected chi connectivity index (χ0v) is 9.79. The Kier molecular flexibility index (Phi) is 4.93. The molecule has 1 aromatic rings. The van der Waals surface area contributed by atoms with Crippen molar-refractivity contribution in [2.45, 2.75) is 19.1 Å². The largest absolute Gasteiger partial charge is 0.496 e. The molecule has 2 N–H and O–H groups in total. The molecule has 0 saturated carbocycles. The number of hydrogen-bond acceptors (Lipinski definition) is 5. The van der Waals surface area contributed by atoms with Crippen LogP contribution in [0.25, 0.3) is 0 Å². The lowest BCUT2D eigenvalue weighted by Gasteiger charge is -2.21. The van der Waals surface area contributed by atoms with Gasteiger partial charge in [0, 0.05) is 5.56 Å². The third kappa shape index (κ3) is 3.18. The molecule has 0 aromatic heterocycles. The fourth-order valence-corrected chi connectivity index (χ4v) is 1.62. The van der Waals surface area contributed by atoms with Gasteiger partial charge < -0.3 is 19.7 Å². The van der Waals surface area contributed by atoms with Crippen molar-refractivity contribution in [3.63, 3.8) is 0 Å². The fourth-order valence-electron chi connectivity index (χ4n) is 1.62. The molecule has 1 aromatic carbocycles. The summed E-state index contributed by atoms with van der Waals surface area (Å²) >= 11 is 0. The highest BCUT2D eigenvalue weighted by Crippen LogP contribution is 2.30. The first-order chi connectivity index (χ1) is 8.13. The first-order valence-corrected chi connectivity index (χ1v) is 5.16. The maximum absolute atomic E-state index is 10.2. The van der Waals surface area contributed by atoms with Gasteiger partial charge in [0.1, 0.15) is 5.75 Å². The summed E-state index contributed by atoms with van der Waals surface area (Å²) in [4.78, 5) is 10.2. The lowest BCUT2D eigenvalue weighted by Crippen LogP contribution is -2.24. The molecular weight excluding hydrogens is 224 g/mol. The van der Waals surface area contributed by atoms with Crippen LogP contribution in [0.5, 0.6) is 5.75 Å². The van der Waals surface area contributed by atoms with Gasteiger partial charge >= 0.3 is 0 Å². The van der Waals surface area contributed by atoms with E-state index in [0.29, 0.717) is 11.3 Å². The lowest BCUT2D eigenvalue weighted by molar-refractivity contribution is -0.157. The molecule has 0 aliphatic heterocycles. The van der Waals surface area contributed by atoms with Gasteiger partial charge in [-0.05, 0) is 18.6 Å². The van der Waals surface area contributed by atoms with Gasteiger partial charge in [-0.1, -0.05) is 12.1 Å². The zero-order chi connectivity index (χ0) is 12.8. The minimum absolute atomic E-state index is 0.147. The molecule has 0 saturated heterocycles.